The maximum Gasteiger partial charge on any atom is 0.326 e. The van der Waals surface area contributed by atoms with Crippen molar-refractivity contribution in [3.8, 4) is 0 Å². The van der Waals surface area contributed by atoms with E-state index in [1.807, 2.05) is 37.3 Å². The summed E-state index contributed by atoms with van der Waals surface area (Å²) in [6.45, 7) is 1.85. The topological polar surface area (TPSA) is 212 Å². The Hall–Kier alpha value is -3.76. The van der Waals surface area contributed by atoms with Crippen LogP contribution in [0.1, 0.15) is 37.3 Å². The molecule has 13 nitrogen and oxygen atoms in total. The zero-order valence-electron chi connectivity index (χ0n) is 25.9. The molecule has 9 N–H and O–H groups in total. The lowest BCUT2D eigenvalue weighted by molar-refractivity contribution is -0.139. The summed E-state index contributed by atoms with van der Waals surface area (Å²) < 4.78 is 0.546. The van der Waals surface area contributed by atoms with E-state index in [4.69, 9.17) is 5.73 Å². The van der Waals surface area contributed by atoms with Crippen molar-refractivity contribution in [3.63, 3.8) is 0 Å². The SMILES string of the molecule is CCC(CI)C(NC(=O)C(CCCNCC(N)=O)NC(=O)NC(Cc1ccccc1)C(=O)O)C(=O)NC(CO)Cc1ccccc1. The van der Waals surface area contributed by atoms with E-state index in [0.29, 0.717) is 35.8 Å². The van der Waals surface area contributed by atoms with Gasteiger partial charge in [0.1, 0.15) is 18.1 Å². The lowest BCUT2D eigenvalue weighted by atomic mass is 9.96. The van der Waals surface area contributed by atoms with Gasteiger partial charge in [0, 0.05) is 10.8 Å². The van der Waals surface area contributed by atoms with E-state index < -0.39 is 53.9 Å². The molecular weight excluding hydrogens is 707 g/mol. The summed E-state index contributed by atoms with van der Waals surface area (Å²) >= 11 is 2.15. The molecule has 2 rings (SSSR count). The molecule has 0 fully saturated rings. The van der Waals surface area contributed by atoms with E-state index in [9.17, 15) is 34.2 Å². The Labute approximate surface area is 283 Å². The number of carboxylic acid groups (broad SMARTS) is 1. The molecule has 14 heteroatoms. The highest BCUT2D eigenvalue weighted by atomic mass is 127. The molecule has 0 heterocycles. The zero-order valence-corrected chi connectivity index (χ0v) is 28.1. The van der Waals surface area contributed by atoms with Crippen molar-refractivity contribution in [2.45, 2.75) is 63.2 Å². The van der Waals surface area contributed by atoms with Gasteiger partial charge < -0.3 is 42.5 Å². The number of alkyl halides is 1. The van der Waals surface area contributed by atoms with Crippen LogP contribution >= 0.6 is 22.6 Å². The second-order valence-electron chi connectivity index (χ2n) is 10.9. The fourth-order valence-electron chi connectivity index (χ4n) is 4.76. The molecule has 0 aliphatic carbocycles. The average molecular weight is 753 g/mol. The lowest BCUT2D eigenvalue weighted by Crippen LogP contribution is -2.59. The molecule has 46 heavy (non-hydrogen) atoms. The zero-order chi connectivity index (χ0) is 33.9. The fraction of sp³-hybridized carbons (Fsp3) is 0.469. The van der Waals surface area contributed by atoms with Crippen molar-refractivity contribution in [2.24, 2.45) is 11.7 Å². The van der Waals surface area contributed by atoms with Gasteiger partial charge in [0.25, 0.3) is 0 Å². The van der Waals surface area contributed by atoms with Crippen molar-refractivity contribution in [1.82, 2.24) is 26.6 Å². The number of hydrogen-bond donors (Lipinski definition) is 8. The second kappa shape index (κ2) is 21.1. The number of urea groups is 1. The van der Waals surface area contributed by atoms with Crippen LogP contribution in [0.4, 0.5) is 4.79 Å². The number of amides is 5. The Balaban J connectivity index is 2.19. The van der Waals surface area contributed by atoms with Crippen LogP contribution < -0.4 is 32.3 Å². The van der Waals surface area contributed by atoms with E-state index in [0.717, 1.165) is 5.56 Å². The molecule has 0 aliphatic rings. The van der Waals surface area contributed by atoms with Crippen LogP contribution in [0.25, 0.3) is 0 Å². The van der Waals surface area contributed by atoms with Crippen LogP contribution in [0.15, 0.2) is 60.7 Å². The largest absolute Gasteiger partial charge is 0.480 e. The number of nitrogens with two attached hydrogens (primary N) is 1. The molecule has 5 amide bonds. The Morgan fingerprint density at radius 3 is 1.93 bits per heavy atom. The molecule has 2 aromatic carbocycles. The minimum Gasteiger partial charge on any atom is -0.480 e. The number of carbonyl (C=O) groups excluding carboxylic acids is 4. The number of benzene rings is 2. The van der Waals surface area contributed by atoms with Crippen molar-refractivity contribution >= 4 is 52.3 Å². The van der Waals surface area contributed by atoms with Gasteiger partial charge in [-0.15, -0.1) is 0 Å². The number of carboxylic acids is 1. The van der Waals surface area contributed by atoms with Crippen LogP contribution in [0.3, 0.4) is 0 Å². The van der Waals surface area contributed by atoms with Crippen LogP contribution in [0.5, 0.6) is 0 Å². The molecule has 0 spiro atoms. The van der Waals surface area contributed by atoms with Crippen molar-refractivity contribution in [3.05, 3.63) is 71.8 Å². The molecule has 0 saturated heterocycles. The van der Waals surface area contributed by atoms with Crippen LogP contribution in [0, 0.1) is 5.92 Å². The fourth-order valence-corrected chi connectivity index (χ4v) is 5.89. The van der Waals surface area contributed by atoms with Gasteiger partial charge in [-0.3, -0.25) is 14.4 Å². The first-order chi connectivity index (χ1) is 22.1. The third kappa shape index (κ3) is 14.1. The molecule has 0 radical (unpaired) electrons. The average Bonchev–Trinajstić information content (AvgIpc) is 3.04. The molecule has 2 aromatic rings. The van der Waals surface area contributed by atoms with Gasteiger partial charge >= 0.3 is 12.0 Å². The van der Waals surface area contributed by atoms with E-state index >= 15 is 0 Å². The quantitative estimate of drug-likeness (QED) is 0.0520. The van der Waals surface area contributed by atoms with Crippen molar-refractivity contribution in [1.29, 1.82) is 0 Å². The number of carbonyl (C=O) groups is 5. The van der Waals surface area contributed by atoms with Crippen molar-refractivity contribution in [2.75, 3.05) is 24.1 Å². The van der Waals surface area contributed by atoms with Gasteiger partial charge in [-0.25, -0.2) is 9.59 Å². The molecule has 0 bridgehead atoms. The molecule has 5 atom stereocenters. The summed E-state index contributed by atoms with van der Waals surface area (Å²) in [6, 6.07) is 13.4. The van der Waals surface area contributed by atoms with Gasteiger partial charge in [-0.1, -0.05) is 96.6 Å². The predicted octanol–water partition coefficient (Wildman–Crippen LogP) is 0.871. The second-order valence-corrected chi connectivity index (χ2v) is 11.8. The minimum absolute atomic E-state index is 0.0303. The maximum atomic E-state index is 13.7. The first-order valence-corrected chi connectivity index (χ1v) is 16.7. The number of nitrogens with one attached hydrogen (secondary N) is 5. The van der Waals surface area contributed by atoms with Crippen LogP contribution in [-0.4, -0.2) is 88.2 Å². The standard InChI is InChI=1S/C32H45IN6O7/c1-2-23(18-33)28(30(43)36-24(20-40)16-21-10-5-3-6-11-21)39-29(42)25(14-9-15-35-19-27(34)41)37-32(46)38-26(31(44)45)17-22-12-7-4-8-13-22/h3-8,10-13,23-26,28,35,40H,2,9,14-20H2,1H3,(H2,34,41)(H,36,43)(H,39,42)(H,44,45)(H2,37,38,46). The first kappa shape index (κ1) is 38.4. The van der Waals surface area contributed by atoms with E-state index in [1.165, 1.54) is 0 Å². The summed E-state index contributed by atoms with van der Waals surface area (Å²) in [5.41, 5.74) is 6.80. The Morgan fingerprint density at radius 1 is 0.826 bits per heavy atom. The number of halogens is 1. The van der Waals surface area contributed by atoms with E-state index in [2.05, 4.69) is 49.2 Å². The number of aliphatic hydroxyl groups is 1. The number of aliphatic carboxylic acids is 1. The monoisotopic (exact) mass is 752 g/mol. The molecular formula is C32H45IN6O7. The Morgan fingerprint density at radius 2 is 1.41 bits per heavy atom. The number of primary amides is 1. The van der Waals surface area contributed by atoms with Gasteiger partial charge in [0.15, 0.2) is 0 Å². The summed E-state index contributed by atoms with van der Waals surface area (Å²) in [5.74, 6) is -3.14. The summed E-state index contributed by atoms with van der Waals surface area (Å²) in [7, 11) is 0. The highest BCUT2D eigenvalue weighted by Gasteiger charge is 2.33. The van der Waals surface area contributed by atoms with E-state index in [-0.39, 0.29) is 31.9 Å². The molecule has 252 valence electrons. The van der Waals surface area contributed by atoms with Gasteiger partial charge in [0.05, 0.1) is 19.2 Å². The highest BCUT2D eigenvalue weighted by Crippen LogP contribution is 2.15. The normalized spacial score (nSPS) is 14.2. The predicted molar refractivity (Wildman–Crippen MR) is 182 cm³/mol. The maximum absolute atomic E-state index is 13.7. The Bertz CT molecular complexity index is 1250. The lowest BCUT2D eigenvalue weighted by Gasteiger charge is -2.29. The van der Waals surface area contributed by atoms with E-state index in [1.54, 1.807) is 30.3 Å². The summed E-state index contributed by atoms with van der Waals surface area (Å²) in [6.07, 6.45) is 1.45. The molecule has 0 aromatic heterocycles. The smallest absolute Gasteiger partial charge is 0.326 e. The molecule has 0 aliphatic heterocycles. The highest BCUT2D eigenvalue weighted by molar-refractivity contribution is 14.1. The van der Waals surface area contributed by atoms with Crippen molar-refractivity contribution < 1.29 is 34.2 Å². The van der Waals surface area contributed by atoms with Gasteiger partial charge in [-0.2, -0.15) is 0 Å². The Kier molecular flexibility index (Phi) is 17.6. The third-order valence-corrected chi connectivity index (χ3v) is 8.45. The molecule has 0 saturated carbocycles. The number of aliphatic hydroxyl groups excluding tert-OH is 1. The first-order valence-electron chi connectivity index (χ1n) is 15.2. The minimum atomic E-state index is -1.26. The third-order valence-electron chi connectivity index (χ3n) is 7.32. The van der Waals surface area contributed by atoms with Gasteiger partial charge in [-0.05, 0) is 42.9 Å². The number of rotatable bonds is 21. The van der Waals surface area contributed by atoms with Gasteiger partial charge in [0.2, 0.25) is 17.7 Å². The molecule has 5 unspecified atom stereocenters. The van der Waals surface area contributed by atoms with Crippen LogP contribution in [-0.2, 0) is 32.0 Å². The summed E-state index contributed by atoms with van der Waals surface area (Å²) in [4.78, 5) is 63.2. The summed E-state index contributed by atoms with van der Waals surface area (Å²) in [5, 5.41) is 33.2. The number of hydrogen-bond acceptors (Lipinski definition) is 7. The van der Waals surface area contributed by atoms with Crippen LogP contribution in [0.2, 0.25) is 0 Å².